The molecule has 2 saturated heterocycles. The lowest BCUT2D eigenvalue weighted by atomic mass is 10.1. The first-order valence-electron chi connectivity index (χ1n) is 10.0. The Morgan fingerprint density at radius 2 is 1.96 bits per heavy atom. The van der Waals surface area contributed by atoms with Gasteiger partial charge in [-0.1, -0.05) is 0 Å². The standard InChI is InChI=1S/C19H32N6O2/c1-15-12-24(13-16(2)27-15)10-5-9-22-19(26)23-17-6-3-11-25(14-17)18-20-7-4-8-21-18/h4,7-8,15-17H,3,5-6,9-14H2,1-2H3,(H2,22,23,26). The number of rotatable bonds is 6. The van der Waals surface area contributed by atoms with E-state index in [4.69, 9.17) is 4.74 Å². The summed E-state index contributed by atoms with van der Waals surface area (Å²) in [6, 6.07) is 1.86. The molecule has 3 rings (SSSR count). The SMILES string of the molecule is CC1CN(CCCNC(=O)NC2CCCN(c3ncccn3)C2)CC(C)O1. The normalized spacial score (nSPS) is 26.6. The number of aromatic nitrogens is 2. The van der Waals surface area contributed by atoms with Gasteiger partial charge in [-0.25, -0.2) is 14.8 Å². The fourth-order valence-corrected chi connectivity index (χ4v) is 3.94. The number of carbonyl (C=O) groups excluding carboxylic acids is 1. The van der Waals surface area contributed by atoms with Crippen LogP contribution in [0.5, 0.6) is 0 Å². The number of hydrogen-bond donors (Lipinski definition) is 2. The fraction of sp³-hybridized carbons (Fsp3) is 0.737. The molecule has 27 heavy (non-hydrogen) atoms. The van der Waals surface area contributed by atoms with Gasteiger partial charge in [-0.2, -0.15) is 0 Å². The second kappa shape index (κ2) is 9.85. The second-order valence-electron chi connectivity index (χ2n) is 7.60. The summed E-state index contributed by atoms with van der Waals surface area (Å²) < 4.78 is 5.75. The predicted octanol–water partition coefficient (Wildman–Crippen LogP) is 1.24. The van der Waals surface area contributed by atoms with E-state index in [2.05, 4.69) is 44.2 Å². The Hall–Kier alpha value is -1.93. The Kier molecular flexibility index (Phi) is 7.23. The third kappa shape index (κ3) is 6.32. The number of morpholine rings is 1. The number of hydrogen-bond acceptors (Lipinski definition) is 6. The first-order valence-corrected chi connectivity index (χ1v) is 10.0. The van der Waals surface area contributed by atoms with Crippen LogP contribution in [0.1, 0.15) is 33.1 Å². The summed E-state index contributed by atoms with van der Waals surface area (Å²) in [5, 5.41) is 6.08. The lowest BCUT2D eigenvalue weighted by Gasteiger charge is -2.35. The molecule has 1 aromatic rings. The molecule has 3 atom stereocenters. The van der Waals surface area contributed by atoms with Gasteiger partial charge in [0.15, 0.2) is 0 Å². The van der Waals surface area contributed by atoms with Crippen LogP contribution in [-0.4, -0.2) is 78.4 Å². The summed E-state index contributed by atoms with van der Waals surface area (Å²) in [5.74, 6) is 0.735. The number of amides is 2. The molecule has 0 aromatic carbocycles. The zero-order valence-corrected chi connectivity index (χ0v) is 16.4. The van der Waals surface area contributed by atoms with Crippen molar-refractivity contribution in [2.75, 3.05) is 44.2 Å². The third-order valence-corrected chi connectivity index (χ3v) is 5.02. The first-order chi connectivity index (χ1) is 13.1. The van der Waals surface area contributed by atoms with Crippen molar-refractivity contribution in [1.82, 2.24) is 25.5 Å². The number of piperidine rings is 1. The van der Waals surface area contributed by atoms with Crippen LogP contribution in [0, 0.1) is 0 Å². The number of nitrogens with zero attached hydrogens (tertiary/aromatic N) is 4. The van der Waals surface area contributed by atoms with Crippen LogP contribution in [0.15, 0.2) is 18.5 Å². The Morgan fingerprint density at radius 3 is 2.70 bits per heavy atom. The van der Waals surface area contributed by atoms with E-state index >= 15 is 0 Å². The highest BCUT2D eigenvalue weighted by Crippen LogP contribution is 2.15. The lowest BCUT2D eigenvalue weighted by Crippen LogP contribution is -2.51. The summed E-state index contributed by atoms with van der Waals surface area (Å²) in [7, 11) is 0. The molecule has 0 spiro atoms. The average molecular weight is 377 g/mol. The molecule has 0 bridgehead atoms. The van der Waals surface area contributed by atoms with E-state index in [1.165, 1.54) is 0 Å². The third-order valence-electron chi connectivity index (χ3n) is 5.02. The molecule has 8 nitrogen and oxygen atoms in total. The van der Waals surface area contributed by atoms with E-state index in [1.807, 2.05) is 6.07 Å². The summed E-state index contributed by atoms with van der Waals surface area (Å²) in [6.07, 6.45) is 7.03. The van der Waals surface area contributed by atoms with Gasteiger partial charge in [0.2, 0.25) is 5.95 Å². The van der Waals surface area contributed by atoms with Crippen molar-refractivity contribution in [1.29, 1.82) is 0 Å². The van der Waals surface area contributed by atoms with Gasteiger partial charge in [0.1, 0.15) is 0 Å². The lowest BCUT2D eigenvalue weighted by molar-refractivity contribution is -0.0679. The molecule has 150 valence electrons. The van der Waals surface area contributed by atoms with Crippen LogP contribution in [0.3, 0.4) is 0 Å². The molecular formula is C19H32N6O2. The Morgan fingerprint density at radius 1 is 1.22 bits per heavy atom. The predicted molar refractivity (Wildman–Crippen MR) is 105 cm³/mol. The van der Waals surface area contributed by atoms with Gasteiger partial charge in [-0.15, -0.1) is 0 Å². The summed E-state index contributed by atoms with van der Waals surface area (Å²) >= 11 is 0. The highest BCUT2D eigenvalue weighted by Gasteiger charge is 2.23. The van der Waals surface area contributed by atoms with Crippen molar-refractivity contribution >= 4 is 12.0 Å². The maximum absolute atomic E-state index is 12.2. The smallest absolute Gasteiger partial charge is 0.315 e. The van der Waals surface area contributed by atoms with Gasteiger partial charge in [-0.3, -0.25) is 4.90 Å². The molecule has 3 unspecified atom stereocenters. The minimum Gasteiger partial charge on any atom is -0.373 e. The van der Waals surface area contributed by atoms with Gasteiger partial charge in [0.05, 0.1) is 12.2 Å². The maximum atomic E-state index is 12.2. The molecule has 2 aliphatic rings. The molecule has 1 aromatic heterocycles. The topological polar surface area (TPSA) is 82.6 Å². The number of urea groups is 1. The molecule has 2 N–H and O–H groups in total. The van der Waals surface area contributed by atoms with Crippen molar-refractivity contribution in [2.45, 2.75) is 51.4 Å². The Balaban J connectivity index is 1.33. The van der Waals surface area contributed by atoms with Crippen molar-refractivity contribution in [3.8, 4) is 0 Å². The molecule has 2 aliphatic heterocycles. The van der Waals surface area contributed by atoms with Crippen LogP contribution < -0.4 is 15.5 Å². The van der Waals surface area contributed by atoms with Gasteiger partial charge in [-0.05, 0) is 39.2 Å². The number of ether oxygens (including phenoxy) is 1. The van der Waals surface area contributed by atoms with Crippen molar-refractivity contribution in [3.05, 3.63) is 18.5 Å². The van der Waals surface area contributed by atoms with Crippen LogP contribution in [0.25, 0.3) is 0 Å². The zero-order valence-electron chi connectivity index (χ0n) is 16.4. The molecule has 0 saturated carbocycles. The minimum absolute atomic E-state index is 0.0838. The van der Waals surface area contributed by atoms with E-state index in [-0.39, 0.29) is 24.3 Å². The van der Waals surface area contributed by atoms with Gasteiger partial charge >= 0.3 is 6.03 Å². The summed E-state index contributed by atoms with van der Waals surface area (Å²) in [5.41, 5.74) is 0. The minimum atomic E-state index is -0.0838. The van der Waals surface area contributed by atoms with Crippen LogP contribution in [0.4, 0.5) is 10.7 Å². The largest absolute Gasteiger partial charge is 0.373 e. The van der Waals surface area contributed by atoms with E-state index in [0.29, 0.717) is 6.54 Å². The van der Waals surface area contributed by atoms with Crippen LogP contribution in [-0.2, 0) is 4.74 Å². The molecule has 2 fully saturated rings. The maximum Gasteiger partial charge on any atom is 0.315 e. The second-order valence-corrected chi connectivity index (χ2v) is 7.60. The van der Waals surface area contributed by atoms with Crippen molar-refractivity contribution in [2.24, 2.45) is 0 Å². The van der Waals surface area contributed by atoms with Gasteiger partial charge in [0.25, 0.3) is 0 Å². The first kappa shape index (κ1) is 19.8. The molecule has 3 heterocycles. The van der Waals surface area contributed by atoms with E-state index in [0.717, 1.165) is 57.9 Å². The Bertz CT molecular complexity index is 577. The van der Waals surface area contributed by atoms with E-state index < -0.39 is 0 Å². The van der Waals surface area contributed by atoms with Crippen LogP contribution in [0.2, 0.25) is 0 Å². The van der Waals surface area contributed by atoms with Crippen molar-refractivity contribution in [3.63, 3.8) is 0 Å². The number of carbonyl (C=O) groups is 1. The quantitative estimate of drug-likeness (QED) is 0.727. The number of nitrogens with one attached hydrogen (secondary N) is 2. The Labute approximate surface area is 161 Å². The van der Waals surface area contributed by atoms with Crippen LogP contribution >= 0.6 is 0 Å². The molecule has 0 radical (unpaired) electrons. The van der Waals surface area contributed by atoms with E-state index in [1.54, 1.807) is 12.4 Å². The summed E-state index contributed by atoms with van der Waals surface area (Å²) in [6.45, 7) is 9.52. The average Bonchev–Trinajstić information content (AvgIpc) is 2.65. The van der Waals surface area contributed by atoms with E-state index in [9.17, 15) is 4.79 Å². The fourth-order valence-electron chi connectivity index (χ4n) is 3.94. The zero-order chi connectivity index (χ0) is 19.1. The summed E-state index contributed by atoms with van der Waals surface area (Å²) in [4.78, 5) is 25.4. The van der Waals surface area contributed by atoms with Gasteiger partial charge in [0, 0.05) is 57.7 Å². The molecule has 8 heteroatoms. The molecular weight excluding hydrogens is 344 g/mol. The molecule has 0 aliphatic carbocycles. The monoisotopic (exact) mass is 376 g/mol. The molecule has 2 amide bonds. The highest BCUT2D eigenvalue weighted by atomic mass is 16.5. The van der Waals surface area contributed by atoms with Gasteiger partial charge < -0.3 is 20.3 Å². The highest BCUT2D eigenvalue weighted by molar-refractivity contribution is 5.74. The van der Waals surface area contributed by atoms with Crippen molar-refractivity contribution < 1.29 is 9.53 Å². The number of anilines is 1.